The number of carbonyl (C=O) groups is 1. The Kier molecular flexibility index (Phi) is 4.78. The first-order valence-electron chi connectivity index (χ1n) is 8.21. The maximum Gasteiger partial charge on any atom is 0.273 e. The molecule has 0 unspecified atom stereocenters. The van der Waals surface area contributed by atoms with E-state index in [4.69, 9.17) is 9.26 Å². The molecule has 1 amide bonds. The molecule has 22 heavy (non-hydrogen) atoms. The number of rotatable bonds is 6. The average Bonchev–Trinajstić information content (AvgIpc) is 3.25. The summed E-state index contributed by atoms with van der Waals surface area (Å²) in [7, 11) is 0. The standard InChI is InChI=1S/C16H25N3O3/c1-11(2)14(19-5-7-21-8-6-19)10-17-16(20)13-9-15(22-18-13)12-3-4-12/h9,11-12,14H,3-8,10H2,1-2H3,(H,17,20)/t14-/m1/s1. The molecule has 0 bridgehead atoms. The Balaban J connectivity index is 1.54. The Morgan fingerprint density at radius 1 is 1.41 bits per heavy atom. The zero-order valence-electron chi connectivity index (χ0n) is 13.4. The number of nitrogens with one attached hydrogen (secondary N) is 1. The Labute approximate surface area is 131 Å². The molecule has 1 aromatic rings. The predicted molar refractivity (Wildman–Crippen MR) is 81.8 cm³/mol. The highest BCUT2D eigenvalue weighted by Crippen LogP contribution is 2.40. The third-order valence-electron chi connectivity index (χ3n) is 4.50. The lowest BCUT2D eigenvalue weighted by atomic mass is 10.0. The molecule has 1 atom stereocenters. The highest BCUT2D eigenvalue weighted by Gasteiger charge is 2.29. The van der Waals surface area contributed by atoms with E-state index in [1.165, 1.54) is 0 Å². The van der Waals surface area contributed by atoms with Crippen molar-refractivity contribution in [1.29, 1.82) is 0 Å². The predicted octanol–water partition coefficient (Wildman–Crippen LogP) is 1.64. The third-order valence-corrected chi connectivity index (χ3v) is 4.50. The van der Waals surface area contributed by atoms with Crippen LogP contribution in [-0.2, 0) is 4.74 Å². The van der Waals surface area contributed by atoms with E-state index in [1.54, 1.807) is 6.07 Å². The molecule has 122 valence electrons. The molecule has 1 N–H and O–H groups in total. The molecule has 6 nitrogen and oxygen atoms in total. The van der Waals surface area contributed by atoms with Crippen LogP contribution in [0.3, 0.4) is 0 Å². The Morgan fingerprint density at radius 2 is 2.14 bits per heavy atom. The van der Waals surface area contributed by atoms with Crippen molar-refractivity contribution in [2.75, 3.05) is 32.8 Å². The van der Waals surface area contributed by atoms with Crippen molar-refractivity contribution in [1.82, 2.24) is 15.4 Å². The first-order chi connectivity index (χ1) is 10.6. The summed E-state index contributed by atoms with van der Waals surface area (Å²) in [4.78, 5) is 14.6. The van der Waals surface area contributed by atoms with Gasteiger partial charge in [-0.25, -0.2) is 0 Å². The molecular weight excluding hydrogens is 282 g/mol. The van der Waals surface area contributed by atoms with Gasteiger partial charge in [0.25, 0.3) is 5.91 Å². The summed E-state index contributed by atoms with van der Waals surface area (Å²) in [5.41, 5.74) is 0.395. The summed E-state index contributed by atoms with van der Waals surface area (Å²) in [6, 6.07) is 2.11. The van der Waals surface area contributed by atoms with Gasteiger partial charge in [-0.1, -0.05) is 19.0 Å². The molecule has 1 saturated heterocycles. The summed E-state index contributed by atoms with van der Waals surface area (Å²) in [6.45, 7) is 8.39. The average molecular weight is 307 g/mol. The summed E-state index contributed by atoms with van der Waals surface area (Å²) < 4.78 is 10.6. The molecular formula is C16H25N3O3. The van der Waals surface area contributed by atoms with Crippen LogP contribution in [0.15, 0.2) is 10.6 Å². The minimum absolute atomic E-state index is 0.144. The van der Waals surface area contributed by atoms with Crippen LogP contribution in [0, 0.1) is 5.92 Å². The van der Waals surface area contributed by atoms with Crippen molar-refractivity contribution in [3.8, 4) is 0 Å². The topological polar surface area (TPSA) is 67.6 Å². The highest BCUT2D eigenvalue weighted by molar-refractivity contribution is 5.92. The van der Waals surface area contributed by atoms with Crippen LogP contribution in [0.4, 0.5) is 0 Å². The van der Waals surface area contributed by atoms with Crippen LogP contribution in [-0.4, -0.2) is 54.9 Å². The van der Waals surface area contributed by atoms with Crippen molar-refractivity contribution in [3.63, 3.8) is 0 Å². The molecule has 2 heterocycles. The van der Waals surface area contributed by atoms with Crippen LogP contribution in [0.25, 0.3) is 0 Å². The first-order valence-corrected chi connectivity index (χ1v) is 8.21. The number of morpholine rings is 1. The number of hydrogen-bond donors (Lipinski definition) is 1. The molecule has 1 aliphatic carbocycles. The molecule has 3 rings (SSSR count). The number of hydrogen-bond acceptors (Lipinski definition) is 5. The summed E-state index contributed by atoms with van der Waals surface area (Å²) in [6.07, 6.45) is 2.28. The fourth-order valence-corrected chi connectivity index (χ4v) is 2.94. The zero-order chi connectivity index (χ0) is 15.5. The molecule has 0 radical (unpaired) electrons. The van der Waals surface area contributed by atoms with Gasteiger partial charge in [0.15, 0.2) is 5.69 Å². The zero-order valence-corrected chi connectivity index (χ0v) is 13.4. The van der Waals surface area contributed by atoms with Crippen molar-refractivity contribution >= 4 is 5.91 Å². The molecule has 0 spiro atoms. The van der Waals surface area contributed by atoms with Gasteiger partial charge in [-0.15, -0.1) is 0 Å². The molecule has 2 fully saturated rings. The lowest BCUT2D eigenvalue weighted by Crippen LogP contribution is -2.51. The van der Waals surface area contributed by atoms with Gasteiger partial charge >= 0.3 is 0 Å². The van der Waals surface area contributed by atoms with E-state index in [-0.39, 0.29) is 5.91 Å². The second kappa shape index (κ2) is 6.79. The van der Waals surface area contributed by atoms with E-state index in [2.05, 4.69) is 29.2 Å². The number of amides is 1. The lowest BCUT2D eigenvalue weighted by molar-refractivity contribution is 0.00671. The van der Waals surface area contributed by atoms with E-state index >= 15 is 0 Å². The molecule has 1 saturated carbocycles. The van der Waals surface area contributed by atoms with Gasteiger partial charge in [0.1, 0.15) is 5.76 Å². The number of nitrogens with zero attached hydrogens (tertiary/aromatic N) is 2. The van der Waals surface area contributed by atoms with E-state index < -0.39 is 0 Å². The molecule has 1 aliphatic heterocycles. The molecule has 2 aliphatic rings. The molecule has 6 heteroatoms. The lowest BCUT2D eigenvalue weighted by Gasteiger charge is -2.36. The first kappa shape index (κ1) is 15.5. The van der Waals surface area contributed by atoms with E-state index in [0.29, 0.717) is 30.1 Å². The van der Waals surface area contributed by atoms with Crippen molar-refractivity contribution < 1.29 is 14.1 Å². The second-order valence-corrected chi connectivity index (χ2v) is 6.56. The molecule has 0 aromatic carbocycles. The Morgan fingerprint density at radius 3 is 2.77 bits per heavy atom. The van der Waals surface area contributed by atoms with Gasteiger partial charge < -0.3 is 14.6 Å². The Hall–Kier alpha value is -1.40. The van der Waals surface area contributed by atoms with Gasteiger partial charge in [-0.3, -0.25) is 9.69 Å². The quantitative estimate of drug-likeness (QED) is 0.865. The van der Waals surface area contributed by atoms with Crippen LogP contribution in [0.5, 0.6) is 0 Å². The molecule has 1 aromatic heterocycles. The number of carbonyl (C=O) groups excluding carboxylic acids is 1. The monoisotopic (exact) mass is 307 g/mol. The van der Waals surface area contributed by atoms with E-state index in [1.807, 2.05) is 0 Å². The Bertz CT molecular complexity index is 504. The minimum Gasteiger partial charge on any atom is -0.379 e. The number of aromatic nitrogens is 1. The second-order valence-electron chi connectivity index (χ2n) is 6.56. The van der Waals surface area contributed by atoms with Gasteiger partial charge in [-0.2, -0.15) is 0 Å². The summed E-state index contributed by atoms with van der Waals surface area (Å²) >= 11 is 0. The fraction of sp³-hybridized carbons (Fsp3) is 0.750. The van der Waals surface area contributed by atoms with Crippen LogP contribution in [0.1, 0.15) is 48.9 Å². The SMILES string of the molecule is CC(C)[C@@H](CNC(=O)c1cc(C2CC2)on1)N1CCOCC1. The van der Waals surface area contributed by atoms with E-state index in [9.17, 15) is 4.79 Å². The normalized spacial score (nSPS) is 21.0. The van der Waals surface area contributed by atoms with Crippen LogP contribution >= 0.6 is 0 Å². The third kappa shape index (κ3) is 3.67. The summed E-state index contributed by atoms with van der Waals surface area (Å²) in [5.74, 6) is 1.65. The van der Waals surface area contributed by atoms with Gasteiger partial charge in [0, 0.05) is 37.7 Å². The number of ether oxygens (including phenoxy) is 1. The van der Waals surface area contributed by atoms with Crippen molar-refractivity contribution in [2.45, 2.75) is 38.6 Å². The van der Waals surface area contributed by atoms with Crippen LogP contribution < -0.4 is 5.32 Å². The van der Waals surface area contributed by atoms with E-state index in [0.717, 1.165) is 44.9 Å². The minimum atomic E-state index is -0.144. The fourth-order valence-electron chi connectivity index (χ4n) is 2.94. The van der Waals surface area contributed by atoms with Gasteiger partial charge in [0.2, 0.25) is 0 Å². The largest absolute Gasteiger partial charge is 0.379 e. The van der Waals surface area contributed by atoms with Gasteiger partial charge in [-0.05, 0) is 18.8 Å². The maximum atomic E-state index is 12.2. The highest BCUT2D eigenvalue weighted by atomic mass is 16.5. The van der Waals surface area contributed by atoms with Gasteiger partial charge in [0.05, 0.1) is 13.2 Å². The smallest absolute Gasteiger partial charge is 0.273 e. The van der Waals surface area contributed by atoms with Crippen molar-refractivity contribution in [2.24, 2.45) is 5.92 Å². The van der Waals surface area contributed by atoms with Crippen LogP contribution in [0.2, 0.25) is 0 Å². The summed E-state index contributed by atoms with van der Waals surface area (Å²) in [5, 5.41) is 6.90. The maximum absolute atomic E-state index is 12.2. The van der Waals surface area contributed by atoms with Crippen molar-refractivity contribution in [3.05, 3.63) is 17.5 Å².